The van der Waals surface area contributed by atoms with Gasteiger partial charge in [-0.05, 0) is 55.5 Å². The van der Waals surface area contributed by atoms with Crippen molar-refractivity contribution < 1.29 is 4.74 Å². The molecule has 0 fully saturated rings. The second-order valence-electron chi connectivity index (χ2n) is 6.80. The zero-order valence-electron chi connectivity index (χ0n) is 16.9. The second-order valence-corrected chi connectivity index (χ2v) is 7.74. The van der Waals surface area contributed by atoms with Gasteiger partial charge in [-0.3, -0.25) is 9.55 Å². The molecular weight excluding hydrogens is 408 g/mol. The van der Waals surface area contributed by atoms with E-state index in [-0.39, 0.29) is 0 Å². The summed E-state index contributed by atoms with van der Waals surface area (Å²) in [5.74, 6) is 2.26. The van der Waals surface area contributed by atoms with E-state index < -0.39 is 0 Å². The largest absolute Gasteiger partial charge is 0.494 e. The fourth-order valence-electron chi connectivity index (χ4n) is 3.33. The van der Waals surface area contributed by atoms with Crippen molar-refractivity contribution in [2.75, 3.05) is 6.61 Å². The first-order valence-electron chi connectivity index (χ1n) is 9.96. The minimum atomic E-state index is 0.632. The fraction of sp³-hybridized carbons (Fsp3) is 0.130. The lowest BCUT2D eigenvalue weighted by atomic mass is 10.2. The van der Waals surface area contributed by atoms with Gasteiger partial charge < -0.3 is 9.14 Å². The molecule has 31 heavy (non-hydrogen) atoms. The van der Waals surface area contributed by atoms with Gasteiger partial charge in [0.05, 0.1) is 12.3 Å². The Morgan fingerprint density at radius 2 is 1.90 bits per heavy atom. The number of imidazole rings is 1. The molecule has 7 nitrogen and oxygen atoms in total. The zero-order valence-corrected chi connectivity index (χ0v) is 17.7. The summed E-state index contributed by atoms with van der Waals surface area (Å²) in [4.78, 5) is 8.93. The summed E-state index contributed by atoms with van der Waals surface area (Å²) < 4.78 is 9.66. The van der Waals surface area contributed by atoms with Gasteiger partial charge in [0.2, 0.25) is 0 Å². The lowest BCUT2D eigenvalue weighted by Gasteiger charge is -2.11. The molecule has 0 bridgehead atoms. The van der Waals surface area contributed by atoms with E-state index in [1.54, 1.807) is 24.2 Å². The van der Waals surface area contributed by atoms with Crippen LogP contribution in [0.15, 0.2) is 84.5 Å². The number of rotatable bonds is 7. The highest BCUT2D eigenvalue weighted by atomic mass is 32.2. The Hall–Kier alpha value is -3.65. The minimum Gasteiger partial charge on any atom is -0.494 e. The van der Waals surface area contributed by atoms with Crippen LogP contribution in [0.4, 0.5) is 0 Å². The van der Waals surface area contributed by atoms with E-state index in [0.717, 1.165) is 39.3 Å². The molecule has 0 saturated heterocycles. The van der Waals surface area contributed by atoms with Gasteiger partial charge in [-0.2, -0.15) is 0 Å². The average Bonchev–Trinajstić information content (AvgIpc) is 3.43. The number of benzene rings is 1. The summed E-state index contributed by atoms with van der Waals surface area (Å²) in [5, 5.41) is 9.74. The van der Waals surface area contributed by atoms with Crippen LogP contribution >= 0.6 is 11.8 Å². The quantitative estimate of drug-likeness (QED) is 0.351. The van der Waals surface area contributed by atoms with E-state index in [1.165, 1.54) is 0 Å². The molecular formula is C23H20N6OS. The van der Waals surface area contributed by atoms with Crippen molar-refractivity contribution in [1.29, 1.82) is 0 Å². The lowest BCUT2D eigenvalue weighted by molar-refractivity contribution is 0.340. The third-order valence-corrected chi connectivity index (χ3v) is 5.68. The predicted octanol–water partition coefficient (Wildman–Crippen LogP) is 4.67. The molecule has 5 rings (SSSR count). The van der Waals surface area contributed by atoms with Crippen LogP contribution in [0.5, 0.6) is 5.75 Å². The maximum atomic E-state index is 5.59. The lowest BCUT2D eigenvalue weighted by Crippen LogP contribution is -2.00. The van der Waals surface area contributed by atoms with Crippen LogP contribution in [0, 0.1) is 0 Å². The molecule has 0 aliphatic carbocycles. The third-order valence-electron chi connectivity index (χ3n) is 4.72. The smallest absolute Gasteiger partial charge is 0.196 e. The van der Waals surface area contributed by atoms with Gasteiger partial charge in [-0.25, -0.2) is 4.98 Å². The highest BCUT2D eigenvalue weighted by molar-refractivity contribution is 7.98. The molecule has 4 heterocycles. The van der Waals surface area contributed by atoms with Crippen molar-refractivity contribution >= 4 is 17.4 Å². The van der Waals surface area contributed by atoms with Crippen LogP contribution in [0.2, 0.25) is 0 Å². The standard InChI is InChI=1S/C23H20N6OS/c1-2-30-20-10-8-19(9-11-20)29-22(17-6-5-12-24-14-17)26-27-23(29)31-16-18-15-28-13-4-3-7-21(28)25-18/h3-15H,2,16H2,1H3. The maximum absolute atomic E-state index is 5.59. The first-order valence-corrected chi connectivity index (χ1v) is 10.9. The number of aromatic nitrogens is 6. The van der Waals surface area contributed by atoms with E-state index in [9.17, 15) is 0 Å². The number of hydrogen-bond acceptors (Lipinski definition) is 6. The molecule has 5 aromatic rings. The molecule has 0 radical (unpaired) electrons. The summed E-state index contributed by atoms with van der Waals surface area (Å²) >= 11 is 1.60. The summed E-state index contributed by atoms with van der Waals surface area (Å²) in [5.41, 5.74) is 3.79. The number of hydrogen-bond donors (Lipinski definition) is 0. The van der Waals surface area contributed by atoms with Crippen LogP contribution in [-0.2, 0) is 5.75 Å². The van der Waals surface area contributed by atoms with Crippen molar-refractivity contribution in [2.45, 2.75) is 17.8 Å². The molecule has 0 saturated carbocycles. The highest BCUT2D eigenvalue weighted by Gasteiger charge is 2.17. The normalized spacial score (nSPS) is 11.1. The van der Waals surface area contributed by atoms with E-state index in [4.69, 9.17) is 4.74 Å². The number of pyridine rings is 2. The topological polar surface area (TPSA) is 70.1 Å². The van der Waals surface area contributed by atoms with Gasteiger partial charge in [-0.1, -0.05) is 17.8 Å². The molecule has 0 atom stereocenters. The first-order chi connectivity index (χ1) is 15.3. The van der Waals surface area contributed by atoms with Gasteiger partial charge in [0.15, 0.2) is 11.0 Å². The molecule has 154 valence electrons. The summed E-state index contributed by atoms with van der Waals surface area (Å²) in [6.45, 7) is 2.61. The van der Waals surface area contributed by atoms with Crippen LogP contribution in [0.1, 0.15) is 12.6 Å². The van der Waals surface area contributed by atoms with Crippen LogP contribution < -0.4 is 4.74 Å². The number of ether oxygens (including phenoxy) is 1. The molecule has 0 amide bonds. The SMILES string of the molecule is CCOc1ccc(-n2c(SCc3cn4ccccc4n3)nnc2-c2cccnc2)cc1. The molecule has 1 aromatic carbocycles. The Labute approximate surface area is 183 Å². The maximum Gasteiger partial charge on any atom is 0.196 e. The van der Waals surface area contributed by atoms with Crippen LogP contribution in [0.3, 0.4) is 0 Å². The molecule has 8 heteroatoms. The van der Waals surface area contributed by atoms with Gasteiger partial charge in [-0.15, -0.1) is 10.2 Å². The summed E-state index contributed by atoms with van der Waals surface area (Å²) in [6, 6.07) is 17.8. The predicted molar refractivity (Wildman–Crippen MR) is 121 cm³/mol. The van der Waals surface area contributed by atoms with Crippen molar-refractivity contribution in [2.24, 2.45) is 0 Å². The Kier molecular flexibility index (Phi) is 5.37. The first kappa shape index (κ1) is 19.3. The Morgan fingerprint density at radius 1 is 1.00 bits per heavy atom. The molecule has 0 N–H and O–H groups in total. The summed E-state index contributed by atoms with van der Waals surface area (Å²) in [6.07, 6.45) is 7.59. The molecule has 0 spiro atoms. The van der Waals surface area contributed by atoms with Crippen molar-refractivity contribution in [3.63, 3.8) is 0 Å². The Morgan fingerprint density at radius 3 is 2.68 bits per heavy atom. The van der Waals surface area contributed by atoms with Gasteiger partial charge in [0.25, 0.3) is 0 Å². The molecule has 4 aromatic heterocycles. The van der Waals surface area contributed by atoms with Gasteiger partial charge in [0.1, 0.15) is 11.4 Å². The zero-order chi connectivity index (χ0) is 21.0. The number of thioether (sulfide) groups is 1. The number of nitrogens with zero attached hydrogens (tertiary/aromatic N) is 6. The fourth-order valence-corrected chi connectivity index (χ4v) is 4.17. The van der Waals surface area contributed by atoms with Crippen molar-refractivity contribution in [3.05, 3.63) is 85.1 Å². The van der Waals surface area contributed by atoms with E-state index >= 15 is 0 Å². The van der Waals surface area contributed by atoms with E-state index in [1.807, 2.05) is 82.9 Å². The van der Waals surface area contributed by atoms with Gasteiger partial charge in [0, 0.05) is 41.8 Å². The van der Waals surface area contributed by atoms with Crippen molar-refractivity contribution in [1.82, 2.24) is 29.1 Å². The van der Waals surface area contributed by atoms with Gasteiger partial charge >= 0.3 is 0 Å². The minimum absolute atomic E-state index is 0.632. The molecule has 0 unspecified atom stereocenters. The number of fused-ring (bicyclic) bond motifs is 1. The average molecular weight is 429 g/mol. The summed E-state index contributed by atoms with van der Waals surface area (Å²) in [7, 11) is 0. The Balaban J connectivity index is 1.49. The Bertz CT molecular complexity index is 1260. The van der Waals surface area contributed by atoms with Crippen LogP contribution in [0.25, 0.3) is 22.7 Å². The molecule has 0 aliphatic rings. The van der Waals surface area contributed by atoms with E-state index in [0.29, 0.717) is 12.4 Å². The highest BCUT2D eigenvalue weighted by Crippen LogP contribution is 2.30. The third kappa shape index (κ3) is 4.02. The second kappa shape index (κ2) is 8.61. The van der Waals surface area contributed by atoms with Crippen LogP contribution in [-0.4, -0.2) is 35.7 Å². The van der Waals surface area contributed by atoms with Crippen molar-refractivity contribution in [3.8, 4) is 22.8 Å². The monoisotopic (exact) mass is 428 g/mol. The van der Waals surface area contributed by atoms with E-state index in [2.05, 4.69) is 20.2 Å². The molecule has 0 aliphatic heterocycles.